The summed E-state index contributed by atoms with van der Waals surface area (Å²) in [6.07, 6.45) is 0.583. The molecule has 0 radical (unpaired) electrons. The van der Waals surface area contributed by atoms with Crippen LogP contribution in [0.25, 0.3) is 10.2 Å². The van der Waals surface area contributed by atoms with Crippen molar-refractivity contribution in [2.45, 2.75) is 26.1 Å². The molecule has 32 heavy (non-hydrogen) atoms. The average Bonchev–Trinajstić information content (AvgIpc) is 3.56. The first-order valence-corrected chi connectivity index (χ1v) is 11.7. The second-order valence-corrected chi connectivity index (χ2v) is 9.20. The minimum Gasteiger partial charge on any atom is -0.454 e. The summed E-state index contributed by atoms with van der Waals surface area (Å²) in [5.74, 6) is 1.00. The highest BCUT2D eigenvalue weighted by atomic mass is 32.1. The highest BCUT2D eigenvalue weighted by Crippen LogP contribution is 2.32. The molecule has 164 valence electrons. The van der Waals surface area contributed by atoms with Gasteiger partial charge in [-0.2, -0.15) is 0 Å². The molecule has 1 aliphatic heterocycles. The van der Waals surface area contributed by atoms with Crippen LogP contribution in [0.2, 0.25) is 0 Å². The first-order chi connectivity index (χ1) is 15.6. The molecule has 1 aromatic carbocycles. The van der Waals surface area contributed by atoms with Crippen LogP contribution < -0.4 is 26.0 Å². The zero-order chi connectivity index (χ0) is 22.1. The SMILES string of the molecule is O=C(Cn1c(=O)n(CCc2cccs2)c(=O)c2sccc21)NCc1ccc2c(c1)OCO2. The lowest BCUT2D eigenvalue weighted by Gasteiger charge is -2.12. The van der Waals surface area contributed by atoms with E-state index < -0.39 is 5.69 Å². The zero-order valence-electron chi connectivity index (χ0n) is 16.9. The predicted octanol–water partition coefficient (Wildman–Crippen LogP) is 2.57. The van der Waals surface area contributed by atoms with Gasteiger partial charge in [-0.1, -0.05) is 12.1 Å². The van der Waals surface area contributed by atoms with Crippen LogP contribution in [0.3, 0.4) is 0 Å². The van der Waals surface area contributed by atoms with E-state index in [-0.39, 0.29) is 37.9 Å². The smallest absolute Gasteiger partial charge is 0.332 e. The molecule has 10 heteroatoms. The van der Waals surface area contributed by atoms with E-state index >= 15 is 0 Å². The van der Waals surface area contributed by atoms with Crippen molar-refractivity contribution in [3.8, 4) is 11.5 Å². The van der Waals surface area contributed by atoms with Crippen molar-refractivity contribution in [2.75, 3.05) is 6.79 Å². The van der Waals surface area contributed by atoms with Crippen molar-refractivity contribution in [2.24, 2.45) is 0 Å². The fourth-order valence-corrected chi connectivity index (χ4v) is 5.15. The highest BCUT2D eigenvalue weighted by Gasteiger charge is 2.17. The Kier molecular flexibility index (Phi) is 5.54. The van der Waals surface area contributed by atoms with Crippen LogP contribution in [0, 0.1) is 0 Å². The van der Waals surface area contributed by atoms with Crippen molar-refractivity contribution < 1.29 is 14.3 Å². The van der Waals surface area contributed by atoms with Crippen LogP contribution in [0.15, 0.2) is 56.7 Å². The van der Waals surface area contributed by atoms with Crippen LogP contribution in [-0.4, -0.2) is 21.8 Å². The van der Waals surface area contributed by atoms with E-state index in [1.807, 2.05) is 29.6 Å². The van der Waals surface area contributed by atoms with Gasteiger partial charge in [-0.3, -0.25) is 18.7 Å². The van der Waals surface area contributed by atoms with Crippen LogP contribution in [-0.2, 0) is 30.8 Å². The monoisotopic (exact) mass is 469 g/mol. The van der Waals surface area contributed by atoms with Gasteiger partial charge in [0.2, 0.25) is 12.7 Å². The molecule has 0 aliphatic carbocycles. The van der Waals surface area contributed by atoms with Crippen LogP contribution in [0.1, 0.15) is 10.4 Å². The Hall–Kier alpha value is -3.37. The quantitative estimate of drug-likeness (QED) is 0.449. The van der Waals surface area contributed by atoms with Crippen molar-refractivity contribution in [3.05, 3.63) is 78.4 Å². The lowest BCUT2D eigenvalue weighted by atomic mass is 10.2. The maximum absolute atomic E-state index is 13.1. The number of fused-ring (bicyclic) bond motifs is 2. The number of thiophene rings is 2. The molecule has 0 bridgehead atoms. The number of benzene rings is 1. The third-order valence-electron chi connectivity index (χ3n) is 5.23. The van der Waals surface area contributed by atoms with Crippen molar-refractivity contribution >= 4 is 38.8 Å². The molecule has 5 rings (SSSR count). The van der Waals surface area contributed by atoms with Gasteiger partial charge in [-0.05, 0) is 47.0 Å². The molecule has 0 spiro atoms. The summed E-state index contributed by atoms with van der Waals surface area (Å²) in [6.45, 7) is 0.572. The predicted molar refractivity (Wildman–Crippen MR) is 123 cm³/mol. The van der Waals surface area contributed by atoms with E-state index in [1.165, 1.54) is 20.5 Å². The number of nitrogens with zero attached hydrogens (tertiary/aromatic N) is 2. The molecule has 4 aromatic rings. The van der Waals surface area contributed by atoms with Gasteiger partial charge in [-0.15, -0.1) is 22.7 Å². The lowest BCUT2D eigenvalue weighted by molar-refractivity contribution is -0.121. The average molecular weight is 470 g/mol. The number of ether oxygens (including phenoxy) is 2. The maximum Gasteiger partial charge on any atom is 0.332 e. The molecule has 1 N–H and O–H groups in total. The van der Waals surface area contributed by atoms with Gasteiger partial charge in [0.1, 0.15) is 11.2 Å². The second kappa shape index (κ2) is 8.64. The third kappa shape index (κ3) is 3.94. The minimum atomic E-state index is -0.476. The number of rotatable bonds is 7. The van der Waals surface area contributed by atoms with Gasteiger partial charge in [-0.25, -0.2) is 4.79 Å². The summed E-state index contributed by atoms with van der Waals surface area (Å²) in [7, 11) is 0. The third-order valence-corrected chi connectivity index (χ3v) is 7.05. The number of nitrogens with one attached hydrogen (secondary N) is 1. The number of amides is 1. The molecular formula is C22H19N3O5S2. The van der Waals surface area contributed by atoms with E-state index in [0.29, 0.717) is 28.1 Å². The topological polar surface area (TPSA) is 91.6 Å². The summed E-state index contributed by atoms with van der Waals surface area (Å²) in [4.78, 5) is 39.7. The van der Waals surface area contributed by atoms with Gasteiger partial charge in [0, 0.05) is 18.0 Å². The molecule has 1 aliphatic rings. The van der Waals surface area contributed by atoms with E-state index in [4.69, 9.17) is 9.47 Å². The number of carbonyl (C=O) groups excluding carboxylic acids is 1. The molecule has 3 aromatic heterocycles. The summed E-state index contributed by atoms with van der Waals surface area (Å²) in [6, 6.07) is 11.1. The number of carbonyl (C=O) groups is 1. The standard InChI is InChI=1S/C22H19N3O5S2/c26-19(23-11-14-3-4-17-18(10-14)30-13-29-17)12-25-16-6-9-32-20(16)21(27)24(22(25)28)7-5-15-2-1-8-31-15/h1-4,6,8-10H,5,7,11-13H2,(H,23,26). The van der Waals surface area contributed by atoms with Crippen molar-refractivity contribution in [1.82, 2.24) is 14.5 Å². The van der Waals surface area contributed by atoms with Gasteiger partial charge < -0.3 is 14.8 Å². The summed E-state index contributed by atoms with van der Waals surface area (Å²) in [5.41, 5.74) is 0.552. The van der Waals surface area contributed by atoms with E-state index in [9.17, 15) is 14.4 Å². The Labute approximate surface area is 190 Å². The largest absolute Gasteiger partial charge is 0.454 e. The van der Waals surface area contributed by atoms with E-state index in [0.717, 1.165) is 10.4 Å². The molecule has 0 unspecified atom stereocenters. The fourth-order valence-electron chi connectivity index (χ4n) is 3.61. The molecule has 0 saturated heterocycles. The van der Waals surface area contributed by atoms with Gasteiger partial charge in [0.15, 0.2) is 11.5 Å². The molecule has 1 amide bonds. The van der Waals surface area contributed by atoms with Crippen LogP contribution >= 0.6 is 22.7 Å². The Morgan fingerprint density at radius 3 is 2.75 bits per heavy atom. The summed E-state index contributed by atoms with van der Waals surface area (Å²) in [5, 5.41) is 6.56. The molecule has 0 atom stereocenters. The summed E-state index contributed by atoms with van der Waals surface area (Å²) < 4.78 is 13.7. The Morgan fingerprint density at radius 2 is 1.91 bits per heavy atom. The van der Waals surface area contributed by atoms with Gasteiger partial charge in [0.25, 0.3) is 5.56 Å². The van der Waals surface area contributed by atoms with Crippen molar-refractivity contribution in [1.29, 1.82) is 0 Å². The molecular weight excluding hydrogens is 450 g/mol. The Bertz CT molecular complexity index is 1400. The van der Waals surface area contributed by atoms with Gasteiger partial charge in [0.05, 0.1) is 5.52 Å². The van der Waals surface area contributed by atoms with E-state index in [2.05, 4.69) is 5.32 Å². The first-order valence-electron chi connectivity index (χ1n) is 9.98. The summed E-state index contributed by atoms with van der Waals surface area (Å²) >= 11 is 2.86. The minimum absolute atomic E-state index is 0.171. The number of hydrogen-bond acceptors (Lipinski definition) is 7. The molecule has 4 heterocycles. The maximum atomic E-state index is 13.1. The van der Waals surface area contributed by atoms with Crippen LogP contribution in [0.5, 0.6) is 11.5 Å². The van der Waals surface area contributed by atoms with Crippen LogP contribution in [0.4, 0.5) is 0 Å². The fraction of sp³-hybridized carbons (Fsp3) is 0.227. The second-order valence-electron chi connectivity index (χ2n) is 7.25. The zero-order valence-corrected chi connectivity index (χ0v) is 18.5. The highest BCUT2D eigenvalue weighted by molar-refractivity contribution is 7.17. The lowest BCUT2D eigenvalue weighted by Crippen LogP contribution is -2.42. The number of aryl methyl sites for hydroxylation is 1. The molecule has 8 nitrogen and oxygen atoms in total. The van der Waals surface area contributed by atoms with E-state index in [1.54, 1.807) is 28.8 Å². The normalized spacial score (nSPS) is 12.4. The number of hydrogen-bond donors (Lipinski definition) is 1. The first kappa shape index (κ1) is 20.5. The molecule has 0 fully saturated rings. The number of aromatic nitrogens is 2. The molecule has 0 saturated carbocycles. The Morgan fingerprint density at radius 1 is 1.03 bits per heavy atom. The Balaban J connectivity index is 1.36. The van der Waals surface area contributed by atoms with Crippen molar-refractivity contribution in [3.63, 3.8) is 0 Å². The van der Waals surface area contributed by atoms with Gasteiger partial charge >= 0.3 is 5.69 Å².